The summed E-state index contributed by atoms with van der Waals surface area (Å²) in [5, 5.41) is 10.9. The van der Waals surface area contributed by atoms with Gasteiger partial charge in [-0.05, 0) is 59.4 Å². The van der Waals surface area contributed by atoms with E-state index in [1.165, 1.54) is 7.11 Å². The molecule has 0 unspecified atom stereocenters. The van der Waals surface area contributed by atoms with Crippen LogP contribution in [0.3, 0.4) is 0 Å². The molecule has 2 heterocycles. The molecule has 3 rings (SSSR count). The molecular weight excluding hydrogens is 398 g/mol. The lowest BCUT2D eigenvalue weighted by Crippen LogP contribution is -2.41. The van der Waals surface area contributed by atoms with Crippen molar-refractivity contribution in [2.75, 3.05) is 12.4 Å². The van der Waals surface area contributed by atoms with Crippen molar-refractivity contribution in [3.63, 3.8) is 0 Å². The molecule has 0 spiro atoms. The van der Waals surface area contributed by atoms with Gasteiger partial charge >= 0.3 is 12.1 Å². The van der Waals surface area contributed by atoms with Gasteiger partial charge in [0.2, 0.25) is 0 Å². The third-order valence-corrected chi connectivity index (χ3v) is 5.20. The van der Waals surface area contributed by atoms with Crippen LogP contribution in [0, 0.1) is 6.92 Å². The lowest BCUT2D eigenvalue weighted by molar-refractivity contribution is 0.0486. The standard InChI is InChI=1S/C22H31N5O4/c1-14-19(25-18-12-23-11-10-17(18)20(28)30-5)13-27(26-14)16-8-6-15(7-9-16)24-21(29)31-22(2,3)4/h10-13,15-16,25H,6-9H2,1-5H3,(H,24,29). The normalized spacial score (nSPS) is 18.9. The first-order chi connectivity index (χ1) is 14.7. The number of rotatable bonds is 5. The fourth-order valence-electron chi connectivity index (χ4n) is 3.68. The molecule has 1 aliphatic carbocycles. The largest absolute Gasteiger partial charge is 0.465 e. The monoisotopic (exact) mass is 429 g/mol. The Labute approximate surface area is 182 Å². The molecule has 2 aromatic heterocycles. The first kappa shape index (κ1) is 22.6. The van der Waals surface area contributed by atoms with Crippen molar-refractivity contribution in [1.29, 1.82) is 0 Å². The van der Waals surface area contributed by atoms with Gasteiger partial charge in [0.1, 0.15) is 5.60 Å². The molecule has 1 saturated carbocycles. The molecule has 168 valence electrons. The second-order valence-electron chi connectivity index (χ2n) is 8.80. The summed E-state index contributed by atoms with van der Waals surface area (Å²) in [5.41, 5.74) is 2.13. The summed E-state index contributed by atoms with van der Waals surface area (Å²) in [5.74, 6) is -0.425. The Hall–Kier alpha value is -3.10. The maximum atomic E-state index is 12.0. The topological polar surface area (TPSA) is 107 Å². The Balaban J connectivity index is 1.61. The molecule has 1 amide bonds. The summed E-state index contributed by atoms with van der Waals surface area (Å²) in [4.78, 5) is 28.1. The number of ether oxygens (including phenoxy) is 2. The van der Waals surface area contributed by atoms with Gasteiger partial charge in [-0.25, -0.2) is 9.59 Å². The molecule has 0 radical (unpaired) electrons. The number of anilines is 2. The fourth-order valence-corrected chi connectivity index (χ4v) is 3.68. The van der Waals surface area contributed by atoms with E-state index in [9.17, 15) is 9.59 Å². The Morgan fingerprint density at radius 3 is 2.52 bits per heavy atom. The number of carbonyl (C=O) groups excluding carboxylic acids is 2. The van der Waals surface area contributed by atoms with Gasteiger partial charge in [0.05, 0.1) is 42.0 Å². The number of alkyl carbamates (subject to hydrolysis) is 1. The maximum absolute atomic E-state index is 12.0. The highest BCUT2D eigenvalue weighted by Crippen LogP contribution is 2.31. The van der Waals surface area contributed by atoms with E-state index in [-0.39, 0.29) is 18.2 Å². The van der Waals surface area contributed by atoms with Crippen molar-refractivity contribution in [3.05, 3.63) is 35.9 Å². The third-order valence-electron chi connectivity index (χ3n) is 5.20. The molecule has 9 nitrogen and oxygen atoms in total. The fraction of sp³-hybridized carbons (Fsp3) is 0.545. The molecule has 0 saturated heterocycles. The zero-order valence-electron chi connectivity index (χ0n) is 18.8. The second kappa shape index (κ2) is 9.36. The third kappa shape index (κ3) is 5.96. The van der Waals surface area contributed by atoms with Crippen molar-refractivity contribution in [2.24, 2.45) is 0 Å². The highest BCUT2D eigenvalue weighted by atomic mass is 16.6. The van der Waals surface area contributed by atoms with Crippen LogP contribution < -0.4 is 10.6 Å². The van der Waals surface area contributed by atoms with Gasteiger partial charge in [-0.1, -0.05) is 0 Å². The van der Waals surface area contributed by atoms with Crippen LogP contribution >= 0.6 is 0 Å². The lowest BCUT2D eigenvalue weighted by atomic mass is 9.91. The van der Waals surface area contributed by atoms with Crippen LogP contribution in [0.1, 0.15) is 68.5 Å². The number of hydrogen-bond acceptors (Lipinski definition) is 7. The quantitative estimate of drug-likeness (QED) is 0.688. The number of carbonyl (C=O) groups is 2. The Morgan fingerprint density at radius 2 is 1.87 bits per heavy atom. The number of pyridine rings is 1. The minimum Gasteiger partial charge on any atom is -0.465 e. The van der Waals surface area contributed by atoms with Crippen molar-refractivity contribution in [2.45, 2.75) is 71.1 Å². The van der Waals surface area contributed by atoms with Crippen LogP contribution in [0.2, 0.25) is 0 Å². The molecule has 0 aromatic carbocycles. The van der Waals surface area contributed by atoms with E-state index in [2.05, 4.69) is 20.7 Å². The van der Waals surface area contributed by atoms with Gasteiger partial charge in [0, 0.05) is 18.4 Å². The summed E-state index contributed by atoms with van der Waals surface area (Å²) >= 11 is 0. The van der Waals surface area contributed by atoms with Crippen molar-refractivity contribution >= 4 is 23.4 Å². The van der Waals surface area contributed by atoms with Crippen LogP contribution in [0.25, 0.3) is 0 Å². The molecule has 1 fully saturated rings. The Kier molecular flexibility index (Phi) is 6.82. The van der Waals surface area contributed by atoms with E-state index < -0.39 is 11.6 Å². The number of amides is 1. The first-order valence-corrected chi connectivity index (χ1v) is 10.5. The van der Waals surface area contributed by atoms with E-state index in [0.717, 1.165) is 37.1 Å². The molecule has 2 N–H and O–H groups in total. The van der Waals surface area contributed by atoms with Gasteiger partial charge in [0.25, 0.3) is 0 Å². The molecule has 1 aliphatic rings. The molecule has 2 aromatic rings. The van der Waals surface area contributed by atoms with Gasteiger partial charge in [-0.3, -0.25) is 9.67 Å². The molecule has 0 aliphatic heterocycles. The van der Waals surface area contributed by atoms with E-state index in [1.807, 2.05) is 38.6 Å². The molecule has 0 atom stereocenters. The lowest BCUT2D eigenvalue weighted by Gasteiger charge is -2.30. The summed E-state index contributed by atoms with van der Waals surface area (Å²) in [6, 6.07) is 1.98. The number of methoxy groups -OCH3 is 1. The minimum absolute atomic E-state index is 0.110. The number of aromatic nitrogens is 3. The highest BCUT2D eigenvalue weighted by molar-refractivity contribution is 5.96. The van der Waals surface area contributed by atoms with Crippen LogP contribution in [0.15, 0.2) is 24.7 Å². The van der Waals surface area contributed by atoms with Crippen molar-refractivity contribution < 1.29 is 19.1 Å². The summed E-state index contributed by atoms with van der Waals surface area (Å²) in [7, 11) is 1.35. The van der Waals surface area contributed by atoms with E-state index in [4.69, 9.17) is 9.47 Å². The SMILES string of the molecule is COC(=O)c1ccncc1Nc1cn(C2CCC(NC(=O)OC(C)(C)C)CC2)nc1C. The number of aryl methyl sites for hydroxylation is 1. The number of nitrogens with one attached hydrogen (secondary N) is 2. The molecule has 31 heavy (non-hydrogen) atoms. The molecule has 9 heteroatoms. The maximum Gasteiger partial charge on any atom is 0.407 e. The van der Waals surface area contributed by atoms with Crippen LogP contribution in [-0.4, -0.2) is 45.6 Å². The van der Waals surface area contributed by atoms with E-state index in [1.54, 1.807) is 18.5 Å². The first-order valence-electron chi connectivity index (χ1n) is 10.5. The van der Waals surface area contributed by atoms with Crippen molar-refractivity contribution in [1.82, 2.24) is 20.1 Å². The average Bonchev–Trinajstić information content (AvgIpc) is 3.07. The Morgan fingerprint density at radius 1 is 1.16 bits per heavy atom. The number of nitrogens with zero attached hydrogens (tertiary/aromatic N) is 3. The number of esters is 1. The zero-order valence-corrected chi connectivity index (χ0v) is 18.8. The van der Waals surface area contributed by atoms with Crippen molar-refractivity contribution in [3.8, 4) is 0 Å². The van der Waals surface area contributed by atoms with Crippen LogP contribution in [-0.2, 0) is 9.47 Å². The van der Waals surface area contributed by atoms with E-state index in [0.29, 0.717) is 11.3 Å². The van der Waals surface area contributed by atoms with Gasteiger partial charge in [-0.2, -0.15) is 5.10 Å². The van der Waals surface area contributed by atoms with Gasteiger partial charge < -0.3 is 20.1 Å². The predicted octanol–water partition coefficient (Wildman–Crippen LogP) is 4.13. The van der Waals surface area contributed by atoms with Gasteiger partial charge in [0.15, 0.2) is 0 Å². The molecule has 0 bridgehead atoms. The smallest absolute Gasteiger partial charge is 0.407 e. The Bertz CT molecular complexity index is 926. The average molecular weight is 430 g/mol. The summed E-state index contributed by atoms with van der Waals surface area (Å²) in [6.45, 7) is 7.49. The summed E-state index contributed by atoms with van der Waals surface area (Å²) < 4.78 is 12.2. The minimum atomic E-state index is -0.501. The summed E-state index contributed by atoms with van der Waals surface area (Å²) in [6.07, 6.45) is 8.27. The van der Waals surface area contributed by atoms with E-state index >= 15 is 0 Å². The highest BCUT2D eigenvalue weighted by Gasteiger charge is 2.26. The zero-order chi connectivity index (χ0) is 22.6. The van der Waals surface area contributed by atoms with Gasteiger partial charge in [-0.15, -0.1) is 0 Å². The molecular formula is C22H31N5O4. The number of hydrogen-bond donors (Lipinski definition) is 2. The van der Waals surface area contributed by atoms with Crippen LogP contribution in [0.4, 0.5) is 16.2 Å². The second-order valence-corrected chi connectivity index (χ2v) is 8.80. The predicted molar refractivity (Wildman–Crippen MR) is 116 cm³/mol. The van der Waals surface area contributed by atoms with Crippen LogP contribution in [0.5, 0.6) is 0 Å².